The second-order valence-corrected chi connectivity index (χ2v) is 9.72. The minimum atomic E-state index is -0.473. The molecular formula is C27H38N2O2S. The van der Waals surface area contributed by atoms with Crippen LogP contribution in [0.1, 0.15) is 61.4 Å². The molecule has 0 saturated heterocycles. The van der Waals surface area contributed by atoms with Gasteiger partial charge in [-0.05, 0) is 51.7 Å². The van der Waals surface area contributed by atoms with Crippen LogP contribution in [-0.2, 0) is 21.9 Å². The minimum Gasteiger partial charge on any atom is -0.352 e. The van der Waals surface area contributed by atoms with Crippen molar-refractivity contribution in [2.45, 2.75) is 78.8 Å². The van der Waals surface area contributed by atoms with E-state index in [9.17, 15) is 9.59 Å². The molecule has 0 aliphatic carbocycles. The second-order valence-electron chi connectivity index (χ2n) is 8.74. The first kappa shape index (κ1) is 26.0. The standard InChI is InChI=1S/C27H38N2O2S/c1-7-22(6)28-27(31)25(8-2)29(16-23-11-9-19(3)10-12-23)26(30)18-32-17-24-14-20(4)13-21(5)15-24/h9-15,22,25H,7-8,16-18H2,1-6H3,(H,28,31)/t22-,25-/m0/s1. The van der Waals surface area contributed by atoms with E-state index < -0.39 is 6.04 Å². The van der Waals surface area contributed by atoms with Crippen molar-refractivity contribution in [3.05, 3.63) is 70.3 Å². The molecule has 0 heterocycles. The third-order valence-electron chi connectivity index (χ3n) is 5.64. The summed E-state index contributed by atoms with van der Waals surface area (Å²) in [6, 6.07) is 14.3. The van der Waals surface area contributed by atoms with Crippen molar-refractivity contribution in [1.82, 2.24) is 10.2 Å². The number of nitrogens with one attached hydrogen (secondary N) is 1. The SMILES string of the molecule is CC[C@H](C)NC(=O)[C@H](CC)N(Cc1ccc(C)cc1)C(=O)CSCc1cc(C)cc(C)c1. The highest BCUT2D eigenvalue weighted by Gasteiger charge is 2.29. The lowest BCUT2D eigenvalue weighted by Gasteiger charge is -2.31. The molecule has 2 rings (SSSR count). The molecule has 5 heteroatoms. The molecule has 4 nitrogen and oxygen atoms in total. The lowest BCUT2D eigenvalue weighted by Crippen LogP contribution is -2.51. The van der Waals surface area contributed by atoms with E-state index in [1.54, 1.807) is 16.7 Å². The Balaban J connectivity index is 2.14. The van der Waals surface area contributed by atoms with Crippen molar-refractivity contribution in [1.29, 1.82) is 0 Å². The van der Waals surface area contributed by atoms with Crippen molar-refractivity contribution >= 4 is 23.6 Å². The topological polar surface area (TPSA) is 49.4 Å². The maximum absolute atomic E-state index is 13.3. The van der Waals surface area contributed by atoms with Crippen LogP contribution < -0.4 is 5.32 Å². The van der Waals surface area contributed by atoms with Gasteiger partial charge < -0.3 is 10.2 Å². The highest BCUT2D eigenvalue weighted by molar-refractivity contribution is 7.99. The molecule has 174 valence electrons. The fraction of sp³-hybridized carbons (Fsp3) is 0.481. The van der Waals surface area contributed by atoms with E-state index in [0.717, 1.165) is 17.7 Å². The summed E-state index contributed by atoms with van der Waals surface area (Å²) < 4.78 is 0. The number of carbonyl (C=O) groups excluding carboxylic acids is 2. The molecule has 32 heavy (non-hydrogen) atoms. The molecule has 2 amide bonds. The number of thioether (sulfide) groups is 1. The second kappa shape index (κ2) is 12.7. The number of rotatable bonds is 11. The zero-order valence-corrected chi connectivity index (χ0v) is 21.2. The van der Waals surface area contributed by atoms with E-state index in [0.29, 0.717) is 18.7 Å². The highest BCUT2D eigenvalue weighted by atomic mass is 32.2. The lowest BCUT2D eigenvalue weighted by atomic mass is 10.1. The summed E-state index contributed by atoms with van der Waals surface area (Å²) in [5, 5.41) is 3.07. The average Bonchev–Trinajstić information content (AvgIpc) is 2.74. The summed E-state index contributed by atoms with van der Waals surface area (Å²) in [7, 11) is 0. The maximum Gasteiger partial charge on any atom is 0.243 e. The van der Waals surface area contributed by atoms with Crippen LogP contribution in [-0.4, -0.2) is 34.6 Å². The molecule has 1 N–H and O–H groups in total. The number of hydrogen-bond donors (Lipinski definition) is 1. The number of aryl methyl sites for hydroxylation is 3. The predicted molar refractivity (Wildman–Crippen MR) is 136 cm³/mol. The van der Waals surface area contributed by atoms with Crippen LogP contribution in [0.25, 0.3) is 0 Å². The van der Waals surface area contributed by atoms with E-state index in [1.165, 1.54) is 22.3 Å². The Bertz CT molecular complexity index is 875. The minimum absolute atomic E-state index is 0.00565. The molecule has 0 aromatic heterocycles. The van der Waals surface area contributed by atoms with Crippen molar-refractivity contribution in [2.75, 3.05) is 5.75 Å². The van der Waals surface area contributed by atoms with Crippen LogP contribution in [0, 0.1) is 20.8 Å². The first-order valence-corrected chi connectivity index (χ1v) is 12.7. The van der Waals surface area contributed by atoms with Gasteiger partial charge >= 0.3 is 0 Å². The van der Waals surface area contributed by atoms with E-state index in [1.807, 2.05) is 52.0 Å². The van der Waals surface area contributed by atoms with Crippen LogP contribution in [0.3, 0.4) is 0 Å². The van der Waals surface area contributed by atoms with Crippen LogP contribution in [0.5, 0.6) is 0 Å². The van der Waals surface area contributed by atoms with Gasteiger partial charge in [0, 0.05) is 18.3 Å². The van der Waals surface area contributed by atoms with Crippen LogP contribution >= 0.6 is 11.8 Å². The van der Waals surface area contributed by atoms with Gasteiger partial charge in [-0.15, -0.1) is 11.8 Å². The number of benzene rings is 2. The fourth-order valence-corrected chi connectivity index (χ4v) is 4.59. The summed E-state index contributed by atoms with van der Waals surface area (Å²) in [5.74, 6) is 1.07. The van der Waals surface area contributed by atoms with Gasteiger partial charge in [0.1, 0.15) is 6.04 Å². The fourth-order valence-electron chi connectivity index (χ4n) is 3.74. The Labute approximate surface area is 198 Å². The molecule has 2 aromatic rings. The van der Waals surface area contributed by atoms with Gasteiger partial charge in [0.25, 0.3) is 0 Å². The Kier molecular flexibility index (Phi) is 10.3. The van der Waals surface area contributed by atoms with Crippen LogP contribution in [0.2, 0.25) is 0 Å². The lowest BCUT2D eigenvalue weighted by molar-refractivity contribution is -0.139. The largest absolute Gasteiger partial charge is 0.352 e. The summed E-state index contributed by atoms with van der Waals surface area (Å²) in [6.07, 6.45) is 1.45. The molecular weight excluding hydrogens is 416 g/mol. The molecule has 0 aliphatic heterocycles. The Morgan fingerprint density at radius 3 is 2.09 bits per heavy atom. The number of carbonyl (C=O) groups is 2. The Hall–Kier alpha value is -2.27. The van der Waals surface area contributed by atoms with Crippen molar-refractivity contribution in [3.8, 4) is 0 Å². The van der Waals surface area contributed by atoms with Gasteiger partial charge in [-0.2, -0.15) is 0 Å². The molecule has 2 aromatic carbocycles. The van der Waals surface area contributed by atoms with Gasteiger partial charge in [0.05, 0.1) is 5.75 Å². The molecule has 0 saturated carbocycles. The average molecular weight is 455 g/mol. The third-order valence-corrected chi connectivity index (χ3v) is 6.62. The molecule has 0 radical (unpaired) electrons. The first-order chi connectivity index (χ1) is 15.2. The zero-order valence-electron chi connectivity index (χ0n) is 20.4. The number of hydrogen-bond acceptors (Lipinski definition) is 3. The van der Waals surface area contributed by atoms with Gasteiger partial charge in [-0.1, -0.05) is 73.0 Å². The monoisotopic (exact) mass is 454 g/mol. The van der Waals surface area contributed by atoms with E-state index in [2.05, 4.69) is 37.4 Å². The van der Waals surface area contributed by atoms with E-state index in [-0.39, 0.29) is 17.9 Å². The van der Waals surface area contributed by atoms with E-state index in [4.69, 9.17) is 0 Å². The molecule has 2 atom stereocenters. The molecule has 0 fully saturated rings. The van der Waals surface area contributed by atoms with Crippen LogP contribution in [0.4, 0.5) is 0 Å². The summed E-state index contributed by atoms with van der Waals surface area (Å²) in [5.41, 5.74) is 5.92. The maximum atomic E-state index is 13.3. The quantitative estimate of drug-likeness (QED) is 0.483. The summed E-state index contributed by atoms with van der Waals surface area (Å²) in [6.45, 7) is 12.7. The number of amides is 2. The van der Waals surface area contributed by atoms with Gasteiger partial charge in [0.15, 0.2) is 0 Å². The van der Waals surface area contributed by atoms with E-state index >= 15 is 0 Å². The Morgan fingerprint density at radius 1 is 0.906 bits per heavy atom. The Morgan fingerprint density at radius 2 is 1.53 bits per heavy atom. The summed E-state index contributed by atoms with van der Waals surface area (Å²) >= 11 is 1.61. The summed E-state index contributed by atoms with van der Waals surface area (Å²) in [4.78, 5) is 28.1. The highest BCUT2D eigenvalue weighted by Crippen LogP contribution is 2.19. The molecule has 0 spiro atoms. The molecule has 0 aliphatic rings. The van der Waals surface area contributed by atoms with Gasteiger partial charge in [0.2, 0.25) is 11.8 Å². The van der Waals surface area contributed by atoms with Crippen molar-refractivity contribution in [2.24, 2.45) is 0 Å². The van der Waals surface area contributed by atoms with Gasteiger partial charge in [-0.3, -0.25) is 9.59 Å². The normalized spacial score (nSPS) is 12.8. The zero-order chi connectivity index (χ0) is 23.7. The molecule has 0 unspecified atom stereocenters. The third kappa shape index (κ3) is 8.01. The van der Waals surface area contributed by atoms with Crippen molar-refractivity contribution in [3.63, 3.8) is 0 Å². The van der Waals surface area contributed by atoms with Crippen molar-refractivity contribution < 1.29 is 9.59 Å². The molecule has 0 bridgehead atoms. The predicted octanol–water partition coefficient (Wildman–Crippen LogP) is 5.57. The van der Waals surface area contributed by atoms with Gasteiger partial charge in [-0.25, -0.2) is 0 Å². The van der Waals surface area contributed by atoms with Crippen LogP contribution in [0.15, 0.2) is 42.5 Å². The first-order valence-electron chi connectivity index (χ1n) is 11.5. The number of nitrogens with zero attached hydrogens (tertiary/aromatic N) is 1. The smallest absolute Gasteiger partial charge is 0.243 e.